The van der Waals surface area contributed by atoms with Gasteiger partial charge < -0.3 is 5.32 Å². The molecule has 0 unspecified atom stereocenters. The Balaban J connectivity index is 1.71. The number of hydrogen-bond donors (Lipinski definition) is 1. The normalized spacial score (nSPS) is 11.4. The summed E-state index contributed by atoms with van der Waals surface area (Å²) in [7, 11) is 0. The lowest BCUT2D eigenvalue weighted by Gasteiger charge is -2.22. The Labute approximate surface area is 166 Å². The summed E-state index contributed by atoms with van der Waals surface area (Å²) in [6, 6.07) is 8.11. The SMILES string of the molecule is Cc1cccnc1C#Cc1ccc(-c2nc3sccn3c2NC(C)(C)C)s1. The number of nitrogens with one attached hydrogen (secondary N) is 1. The predicted molar refractivity (Wildman–Crippen MR) is 115 cm³/mol. The summed E-state index contributed by atoms with van der Waals surface area (Å²) in [4.78, 5) is 12.3. The molecule has 0 aromatic carbocycles. The molecule has 6 heteroatoms. The second kappa shape index (κ2) is 6.84. The van der Waals surface area contributed by atoms with Gasteiger partial charge in [0.25, 0.3) is 0 Å². The molecule has 0 amide bonds. The fraction of sp³-hybridized carbons (Fsp3) is 0.238. The van der Waals surface area contributed by atoms with Crippen molar-refractivity contribution in [2.24, 2.45) is 0 Å². The van der Waals surface area contributed by atoms with Crippen LogP contribution < -0.4 is 5.32 Å². The first kappa shape index (κ1) is 17.8. The molecule has 27 heavy (non-hydrogen) atoms. The molecule has 4 heterocycles. The predicted octanol–water partition coefficient (Wildman–Crippen LogP) is 5.44. The monoisotopic (exact) mass is 392 g/mol. The molecule has 0 fully saturated rings. The molecule has 0 aliphatic carbocycles. The van der Waals surface area contributed by atoms with Crippen LogP contribution in [0.15, 0.2) is 42.0 Å². The number of imidazole rings is 1. The third-order valence-electron chi connectivity index (χ3n) is 3.91. The zero-order chi connectivity index (χ0) is 19.0. The Morgan fingerprint density at radius 2 is 2.00 bits per heavy atom. The van der Waals surface area contributed by atoms with E-state index in [0.29, 0.717) is 0 Å². The van der Waals surface area contributed by atoms with E-state index in [2.05, 4.69) is 71.0 Å². The highest BCUT2D eigenvalue weighted by Gasteiger charge is 2.20. The van der Waals surface area contributed by atoms with E-state index >= 15 is 0 Å². The Hall–Kier alpha value is -2.62. The maximum Gasteiger partial charge on any atom is 0.195 e. The maximum atomic E-state index is 4.84. The first-order valence-electron chi connectivity index (χ1n) is 8.68. The van der Waals surface area contributed by atoms with Crippen LogP contribution in [0.4, 0.5) is 5.82 Å². The fourth-order valence-corrected chi connectivity index (χ4v) is 4.27. The van der Waals surface area contributed by atoms with Crippen molar-refractivity contribution < 1.29 is 0 Å². The molecular weight excluding hydrogens is 372 g/mol. The highest BCUT2D eigenvalue weighted by Crippen LogP contribution is 2.36. The number of aromatic nitrogens is 3. The van der Waals surface area contributed by atoms with E-state index in [4.69, 9.17) is 4.98 Å². The van der Waals surface area contributed by atoms with Crippen molar-refractivity contribution >= 4 is 33.5 Å². The summed E-state index contributed by atoms with van der Waals surface area (Å²) in [5.41, 5.74) is 2.84. The third-order valence-corrected chi connectivity index (χ3v) is 5.67. The van der Waals surface area contributed by atoms with Crippen LogP contribution in [0.3, 0.4) is 0 Å². The Morgan fingerprint density at radius 3 is 2.78 bits per heavy atom. The minimum absolute atomic E-state index is 0.0525. The third kappa shape index (κ3) is 3.75. The van der Waals surface area contributed by atoms with Crippen LogP contribution >= 0.6 is 22.7 Å². The molecular formula is C21H20N4S2. The van der Waals surface area contributed by atoms with E-state index in [1.807, 2.05) is 19.1 Å². The van der Waals surface area contributed by atoms with Crippen LogP contribution in [0.1, 0.15) is 36.9 Å². The van der Waals surface area contributed by atoms with Crippen LogP contribution in [-0.4, -0.2) is 19.9 Å². The molecule has 4 rings (SSSR count). The van der Waals surface area contributed by atoms with Crippen molar-refractivity contribution in [2.45, 2.75) is 33.2 Å². The molecule has 0 atom stereocenters. The van der Waals surface area contributed by atoms with Crippen LogP contribution in [0.2, 0.25) is 0 Å². The average Bonchev–Trinajstić information content (AvgIpc) is 3.30. The van der Waals surface area contributed by atoms with Gasteiger partial charge in [0, 0.05) is 23.3 Å². The second-order valence-corrected chi connectivity index (χ2v) is 9.28. The number of fused-ring (bicyclic) bond motifs is 1. The lowest BCUT2D eigenvalue weighted by atomic mass is 10.1. The summed E-state index contributed by atoms with van der Waals surface area (Å²) in [5.74, 6) is 7.45. The van der Waals surface area contributed by atoms with Gasteiger partial charge in [-0.3, -0.25) is 4.40 Å². The molecule has 0 aliphatic heterocycles. The smallest absolute Gasteiger partial charge is 0.195 e. The fourth-order valence-electron chi connectivity index (χ4n) is 2.70. The van der Waals surface area contributed by atoms with E-state index in [1.54, 1.807) is 28.9 Å². The molecule has 0 saturated heterocycles. The quantitative estimate of drug-likeness (QED) is 0.462. The van der Waals surface area contributed by atoms with Crippen molar-refractivity contribution in [3.63, 3.8) is 0 Å². The summed E-state index contributed by atoms with van der Waals surface area (Å²) < 4.78 is 2.12. The minimum Gasteiger partial charge on any atom is -0.365 e. The summed E-state index contributed by atoms with van der Waals surface area (Å²) in [6.07, 6.45) is 3.84. The molecule has 0 saturated carbocycles. The standard InChI is InChI=1S/C21H20N4S2/c1-14-6-5-11-22-16(14)9-7-15-8-10-17(27-15)18-19(24-21(2,3)4)25-12-13-26-20(25)23-18/h5-6,8,10-13,24H,1-4H3. The molecule has 136 valence electrons. The number of thiophene rings is 1. The first-order chi connectivity index (χ1) is 12.9. The zero-order valence-electron chi connectivity index (χ0n) is 15.7. The number of anilines is 1. The Kier molecular flexibility index (Phi) is 4.50. The first-order valence-corrected chi connectivity index (χ1v) is 10.4. The van der Waals surface area contributed by atoms with Gasteiger partial charge in [0.2, 0.25) is 0 Å². The number of aryl methyl sites for hydroxylation is 1. The van der Waals surface area contributed by atoms with Gasteiger partial charge in [0.15, 0.2) is 4.96 Å². The van der Waals surface area contributed by atoms with E-state index in [9.17, 15) is 0 Å². The van der Waals surface area contributed by atoms with Crippen molar-refractivity contribution in [2.75, 3.05) is 5.32 Å². The van der Waals surface area contributed by atoms with Crippen LogP contribution in [0, 0.1) is 18.8 Å². The maximum absolute atomic E-state index is 4.84. The van der Waals surface area contributed by atoms with Crippen molar-refractivity contribution in [1.29, 1.82) is 0 Å². The average molecular weight is 393 g/mol. The minimum atomic E-state index is -0.0525. The zero-order valence-corrected chi connectivity index (χ0v) is 17.3. The van der Waals surface area contributed by atoms with Gasteiger partial charge >= 0.3 is 0 Å². The van der Waals surface area contributed by atoms with E-state index < -0.39 is 0 Å². The van der Waals surface area contributed by atoms with E-state index in [0.717, 1.165) is 37.5 Å². The topological polar surface area (TPSA) is 42.2 Å². The van der Waals surface area contributed by atoms with E-state index in [1.165, 1.54) is 0 Å². The molecule has 0 bridgehead atoms. The lowest BCUT2D eigenvalue weighted by Crippen LogP contribution is -2.27. The molecule has 0 aliphatic rings. The highest BCUT2D eigenvalue weighted by molar-refractivity contribution is 7.16. The summed E-state index contributed by atoms with van der Waals surface area (Å²) in [6.45, 7) is 8.49. The van der Waals surface area contributed by atoms with Gasteiger partial charge in [-0.05, 0) is 63.3 Å². The van der Waals surface area contributed by atoms with Crippen LogP contribution in [0.25, 0.3) is 15.5 Å². The highest BCUT2D eigenvalue weighted by atomic mass is 32.1. The number of rotatable bonds is 2. The van der Waals surface area contributed by atoms with Crippen LogP contribution in [0.5, 0.6) is 0 Å². The largest absolute Gasteiger partial charge is 0.365 e. The Morgan fingerprint density at radius 1 is 1.15 bits per heavy atom. The summed E-state index contributed by atoms with van der Waals surface area (Å²) in [5, 5.41) is 5.66. The molecule has 4 aromatic heterocycles. The lowest BCUT2D eigenvalue weighted by molar-refractivity contribution is 0.630. The second-order valence-electron chi connectivity index (χ2n) is 7.32. The van der Waals surface area contributed by atoms with Gasteiger partial charge in [0.05, 0.1) is 9.75 Å². The van der Waals surface area contributed by atoms with Crippen molar-refractivity contribution in [3.05, 3.63) is 58.2 Å². The summed E-state index contributed by atoms with van der Waals surface area (Å²) >= 11 is 3.30. The molecule has 4 aromatic rings. The van der Waals surface area contributed by atoms with Gasteiger partial charge in [-0.1, -0.05) is 6.07 Å². The number of nitrogens with zero attached hydrogens (tertiary/aromatic N) is 3. The van der Waals surface area contributed by atoms with Gasteiger partial charge in [-0.15, -0.1) is 22.7 Å². The molecule has 1 N–H and O–H groups in total. The van der Waals surface area contributed by atoms with Crippen molar-refractivity contribution in [3.8, 4) is 22.4 Å². The van der Waals surface area contributed by atoms with Gasteiger partial charge in [-0.25, -0.2) is 9.97 Å². The molecule has 0 spiro atoms. The number of thiazole rings is 1. The Bertz CT molecular complexity index is 1160. The van der Waals surface area contributed by atoms with Crippen molar-refractivity contribution in [1.82, 2.24) is 14.4 Å². The number of hydrogen-bond acceptors (Lipinski definition) is 5. The van der Waals surface area contributed by atoms with E-state index in [-0.39, 0.29) is 5.54 Å². The van der Waals surface area contributed by atoms with Gasteiger partial charge in [0.1, 0.15) is 17.2 Å². The number of pyridine rings is 1. The van der Waals surface area contributed by atoms with Gasteiger partial charge in [-0.2, -0.15) is 0 Å². The molecule has 0 radical (unpaired) electrons. The molecule has 4 nitrogen and oxygen atoms in total. The van der Waals surface area contributed by atoms with Crippen LogP contribution in [-0.2, 0) is 0 Å².